The van der Waals surface area contributed by atoms with Gasteiger partial charge in [0.15, 0.2) is 0 Å². The third-order valence-corrected chi connectivity index (χ3v) is 2.51. The molecule has 0 saturated heterocycles. The summed E-state index contributed by atoms with van der Waals surface area (Å²) >= 11 is 0. The second-order valence-electron chi connectivity index (χ2n) is 3.37. The van der Waals surface area contributed by atoms with E-state index >= 15 is 0 Å². The molecule has 1 nitrogen and oxygen atoms in total. The van der Waals surface area contributed by atoms with E-state index in [4.69, 9.17) is 7.85 Å². The molecule has 0 aromatic carbocycles. The normalized spacial score (nSPS) is 18.7. The number of hydrogen-bond acceptors (Lipinski definition) is 1. The van der Waals surface area contributed by atoms with Crippen molar-refractivity contribution in [3.63, 3.8) is 0 Å². The molecular weight excluding hydrogens is 145 g/mol. The molecule has 1 aliphatic carbocycles. The van der Waals surface area contributed by atoms with Crippen molar-refractivity contribution in [3.05, 3.63) is 36.7 Å². The zero-order valence-electron chi connectivity index (χ0n) is 6.96. The Morgan fingerprint density at radius 3 is 2.75 bits per heavy atom. The van der Waals surface area contributed by atoms with E-state index in [9.17, 15) is 0 Å². The summed E-state index contributed by atoms with van der Waals surface area (Å²) in [6, 6.07) is 1.99. The monoisotopic (exact) mass is 155 g/mol. The van der Waals surface area contributed by atoms with Crippen molar-refractivity contribution in [1.82, 2.24) is 4.98 Å². The summed E-state index contributed by atoms with van der Waals surface area (Å²) in [5, 5.41) is 0. The second-order valence-corrected chi connectivity index (χ2v) is 3.37. The van der Waals surface area contributed by atoms with Gasteiger partial charge in [0.25, 0.3) is 0 Å². The molecule has 0 bridgehead atoms. The first kappa shape index (κ1) is 7.60. The third-order valence-electron chi connectivity index (χ3n) is 2.51. The minimum Gasteiger partial charge on any atom is -0.265 e. The summed E-state index contributed by atoms with van der Waals surface area (Å²) in [4.78, 5) is 4.07. The molecule has 1 aromatic heterocycles. The molecule has 1 heterocycles. The predicted octanol–water partition coefficient (Wildman–Crippen LogP) is 1.09. The molecule has 0 aliphatic heterocycles. The van der Waals surface area contributed by atoms with Gasteiger partial charge in [0, 0.05) is 17.8 Å². The van der Waals surface area contributed by atoms with Crippen LogP contribution in [0.4, 0.5) is 0 Å². The Morgan fingerprint density at radius 1 is 1.50 bits per heavy atom. The molecule has 1 fully saturated rings. The predicted molar refractivity (Wildman–Crippen MR) is 50.7 cm³/mol. The highest BCUT2D eigenvalue weighted by molar-refractivity contribution is 6.32. The van der Waals surface area contributed by atoms with Gasteiger partial charge >= 0.3 is 0 Å². The lowest BCUT2D eigenvalue weighted by Gasteiger charge is -2.09. The number of pyridine rings is 1. The van der Waals surface area contributed by atoms with Crippen LogP contribution in [0.15, 0.2) is 31.1 Å². The minimum atomic E-state index is 0.197. The molecule has 1 aliphatic rings. The van der Waals surface area contributed by atoms with Crippen LogP contribution >= 0.6 is 0 Å². The van der Waals surface area contributed by atoms with Crippen molar-refractivity contribution in [3.8, 4) is 0 Å². The van der Waals surface area contributed by atoms with Crippen molar-refractivity contribution in [2.75, 3.05) is 0 Å². The van der Waals surface area contributed by atoms with Crippen molar-refractivity contribution in [1.29, 1.82) is 0 Å². The first-order chi connectivity index (χ1) is 5.77. The van der Waals surface area contributed by atoms with Crippen LogP contribution in [0.5, 0.6) is 0 Å². The van der Waals surface area contributed by atoms with Crippen molar-refractivity contribution in [2.24, 2.45) is 0 Å². The maximum atomic E-state index is 5.64. The summed E-state index contributed by atoms with van der Waals surface area (Å²) in [6.45, 7) is 3.83. The summed E-state index contributed by atoms with van der Waals surface area (Å²) in [5.41, 5.74) is 2.14. The molecule has 2 rings (SSSR count). The van der Waals surface area contributed by atoms with E-state index < -0.39 is 0 Å². The van der Waals surface area contributed by atoms with Gasteiger partial charge in [0.2, 0.25) is 0 Å². The van der Waals surface area contributed by atoms with E-state index in [0.29, 0.717) is 0 Å². The molecule has 12 heavy (non-hydrogen) atoms. The van der Waals surface area contributed by atoms with Crippen LogP contribution in [0.3, 0.4) is 0 Å². The fourth-order valence-corrected chi connectivity index (χ4v) is 1.48. The highest BCUT2D eigenvalue weighted by Gasteiger charge is 2.41. The van der Waals surface area contributed by atoms with E-state index in [1.54, 1.807) is 6.20 Å². The van der Waals surface area contributed by atoms with Crippen LogP contribution in [-0.2, 0) is 5.41 Å². The van der Waals surface area contributed by atoms with Gasteiger partial charge in [0.1, 0.15) is 7.85 Å². The largest absolute Gasteiger partial charge is 0.265 e. The Morgan fingerprint density at radius 2 is 2.25 bits per heavy atom. The number of allylic oxidation sites excluding steroid dienone is 1. The zero-order chi connectivity index (χ0) is 8.60. The number of hydrogen-bond donors (Lipinski definition) is 0. The Bertz CT molecular complexity index is 315. The Labute approximate surface area is 73.9 Å². The van der Waals surface area contributed by atoms with Crippen molar-refractivity contribution < 1.29 is 0 Å². The lowest BCUT2D eigenvalue weighted by molar-refractivity contribution is 0.886. The van der Waals surface area contributed by atoms with Gasteiger partial charge in [-0.25, -0.2) is 0 Å². The average Bonchev–Trinajstić information content (AvgIpc) is 2.84. The third kappa shape index (κ3) is 1.08. The SMILES string of the molecule is [B]c1cncc(C2(C=C)CC2)c1. The molecule has 0 atom stereocenters. The van der Waals surface area contributed by atoms with Gasteiger partial charge in [-0.3, -0.25) is 4.98 Å². The molecule has 0 spiro atoms. The highest BCUT2D eigenvalue weighted by atomic mass is 14.6. The van der Waals surface area contributed by atoms with Crippen LogP contribution in [0.1, 0.15) is 18.4 Å². The van der Waals surface area contributed by atoms with Crippen LogP contribution < -0.4 is 5.46 Å². The number of rotatable bonds is 2. The van der Waals surface area contributed by atoms with E-state index in [2.05, 4.69) is 11.6 Å². The Balaban J connectivity index is 2.40. The number of nitrogens with zero attached hydrogens (tertiary/aromatic N) is 1. The summed E-state index contributed by atoms with van der Waals surface area (Å²) in [6.07, 6.45) is 7.92. The second kappa shape index (κ2) is 2.48. The van der Waals surface area contributed by atoms with E-state index in [0.717, 1.165) is 5.46 Å². The molecule has 0 N–H and O–H groups in total. The maximum absolute atomic E-state index is 5.64. The van der Waals surface area contributed by atoms with Crippen molar-refractivity contribution in [2.45, 2.75) is 18.3 Å². The molecule has 2 radical (unpaired) electrons. The fraction of sp³-hybridized carbons (Fsp3) is 0.300. The summed E-state index contributed by atoms with van der Waals surface area (Å²) in [5.74, 6) is 0. The summed E-state index contributed by atoms with van der Waals surface area (Å²) in [7, 11) is 5.64. The minimum absolute atomic E-state index is 0.197. The molecule has 1 saturated carbocycles. The lowest BCUT2D eigenvalue weighted by Crippen LogP contribution is -2.10. The standard InChI is InChI=1S/C10H10BN/c1-2-10(3-4-10)8-5-9(11)7-12-6-8/h2,5-7H,1,3-4H2. The molecule has 0 amide bonds. The maximum Gasteiger partial charge on any atom is 0.115 e. The van der Waals surface area contributed by atoms with Crippen LogP contribution in [0, 0.1) is 0 Å². The molecule has 58 valence electrons. The quantitative estimate of drug-likeness (QED) is 0.460. The van der Waals surface area contributed by atoms with Gasteiger partial charge in [-0.15, -0.1) is 6.58 Å². The van der Waals surface area contributed by atoms with Gasteiger partial charge in [-0.1, -0.05) is 17.6 Å². The molecule has 0 unspecified atom stereocenters. The van der Waals surface area contributed by atoms with Gasteiger partial charge < -0.3 is 0 Å². The van der Waals surface area contributed by atoms with Crippen LogP contribution in [0.2, 0.25) is 0 Å². The van der Waals surface area contributed by atoms with Gasteiger partial charge in [-0.05, 0) is 18.4 Å². The average molecular weight is 155 g/mol. The molecule has 1 aromatic rings. The molecular formula is C10H10BN. The zero-order valence-corrected chi connectivity index (χ0v) is 6.96. The smallest absolute Gasteiger partial charge is 0.115 e. The van der Waals surface area contributed by atoms with Crippen molar-refractivity contribution >= 4 is 13.3 Å². The first-order valence-corrected chi connectivity index (χ1v) is 4.11. The van der Waals surface area contributed by atoms with Crippen LogP contribution in [-0.4, -0.2) is 12.8 Å². The Hall–Kier alpha value is -1.05. The number of aromatic nitrogens is 1. The van der Waals surface area contributed by atoms with Crippen LogP contribution in [0.25, 0.3) is 0 Å². The fourth-order valence-electron chi connectivity index (χ4n) is 1.48. The lowest BCUT2D eigenvalue weighted by atomic mass is 9.91. The topological polar surface area (TPSA) is 12.9 Å². The van der Waals surface area contributed by atoms with Gasteiger partial charge in [0.05, 0.1) is 0 Å². The van der Waals surface area contributed by atoms with E-state index in [1.165, 1.54) is 18.4 Å². The Kier molecular flexibility index (Phi) is 1.57. The highest BCUT2D eigenvalue weighted by Crippen LogP contribution is 2.48. The van der Waals surface area contributed by atoms with Gasteiger partial charge in [-0.2, -0.15) is 0 Å². The van der Waals surface area contributed by atoms with E-state index in [1.807, 2.05) is 18.3 Å². The molecule has 2 heteroatoms. The van der Waals surface area contributed by atoms with E-state index in [-0.39, 0.29) is 5.41 Å². The summed E-state index contributed by atoms with van der Waals surface area (Å²) < 4.78 is 0. The first-order valence-electron chi connectivity index (χ1n) is 4.11.